The van der Waals surface area contributed by atoms with E-state index in [9.17, 15) is 4.79 Å². The van der Waals surface area contributed by atoms with E-state index in [0.717, 1.165) is 40.1 Å². The zero-order valence-corrected chi connectivity index (χ0v) is 19.5. The molecule has 0 spiro atoms. The van der Waals surface area contributed by atoms with Crippen LogP contribution in [0.3, 0.4) is 0 Å². The number of nitrogen functional groups attached to an aromatic ring is 1. The summed E-state index contributed by atoms with van der Waals surface area (Å²) in [5, 5.41) is 2.77. The highest BCUT2D eigenvalue weighted by Gasteiger charge is 2.15. The molecule has 3 rings (SSSR count). The standard InChI is InChI=1S/C28H32N2O3/c1-28(2,3)33-27(31)30-18-17-21-11-14-24(15-12-21)32-19-7-8-22-13-16-25(26(29)20-22)23-9-5-4-6-10-23/h4-16,20H,17-19,29H2,1-3H3,(H,30,31)/b8-7+. The predicted octanol–water partition coefficient (Wildman–Crippen LogP) is 6.10. The summed E-state index contributed by atoms with van der Waals surface area (Å²) in [6.45, 7) is 6.51. The smallest absolute Gasteiger partial charge is 0.407 e. The summed E-state index contributed by atoms with van der Waals surface area (Å²) in [6.07, 6.45) is 4.29. The van der Waals surface area contributed by atoms with Gasteiger partial charge in [0.15, 0.2) is 0 Å². The van der Waals surface area contributed by atoms with E-state index >= 15 is 0 Å². The third-order valence-electron chi connectivity index (χ3n) is 4.82. The van der Waals surface area contributed by atoms with Crippen molar-refractivity contribution in [3.8, 4) is 16.9 Å². The van der Waals surface area contributed by atoms with E-state index in [1.807, 2.05) is 87.5 Å². The largest absolute Gasteiger partial charge is 0.490 e. The number of carbonyl (C=O) groups excluding carboxylic acids is 1. The van der Waals surface area contributed by atoms with Crippen LogP contribution in [0.1, 0.15) is 31.9 Å². The molecule has 0 saturated carbocycles. The molecule has 0 aliphatic heterocycles. The zero-order chi connectivity index (χ0) is 23.7. The number of nitrogens with two attached hydrogens (primary N) is 1. The number of amides is 1. The first-order valence-corrected chi connectivity index (χ1v) is 11.1. The van der Waals surface area contributed by atoms with E-state index in [-0.39, 0.29) is 0 Å². The molecule has 5 nitrogen and oxygen atoms in total. The normalized spacial score (nSPS) is 11.4. The lowest BCUT2D eigenvalue weighted by atomic mass is 10.0. The van der Waals surface area contributed by atoms with Crippen molar-refractivity contribution < 1.29 is 14.3 Å². The number of hydrogen-bond acceptors (Lipinski definition) is 4. The second-order valence-electron chi connectivity index (χ2n) is 8.75. The number of ether oxygens (including phenoxy) is 2. The van der Waals surface area contributed by atoms with Crippen LogP contribution in [0.15, 0.2) is 78.9 Å². The first kappa shape index (κ1) is 23.9. The first-order valence-electron chi connectivity index (χ1n) is 11.1. The summed E-state index contributed by atoms with van der Waals surface area (Å²) in [4.78, 5) is 11.7. The monoisotopic (exact) mass is 444 g/mol. The average molecular weight is 445 g/mol. The molecule has 0 aromatic heterocycles. The van der Waals surface area contributed by atoms with Crippen LogP contribution in [0.4, 0.5) is 10.5 Å². The van der Waals surface area contributed by atoms with Crippen LogP contribution in [0.5, 0.6) is 5.75 Å². The van der Waals surface area contributed by atoms with Crippen molar-refractivity contribution in [3.63, 3.8) is 0 Å². The number of anilines is 1. The molecule has 0 radical (unpaired) electrons. The maximum absolute atomic E-state index is 11.7. The number of carbonyl (C=O) groups is 1. The Morgan fingerprint density at radius 3 is 2.39 bits per heavy atom. The Balaban J connectivity index is 1.43. The van der Waals surface area contributed by atoms with Gasteiger partial charge in [-0.1, -0.05) is 60.7 Å². The van der Waals surface area contributed by atoms with Gasteiger partial charge in [0, 0.05) is 17.8 Å². The van der Waals surface area contributed by atoms with Crippen LogP contribution >= 0.6 is 0 Å². The van der Waals surface area contributed by atoms with Gasteiger partial charge >= 0.3 is 6.09 Å². The van der Waals surface area contributed by atoms with Gasteiger partial charge in [-0.05, 0) is 68.2 Å². The topological polar surface area (TPSA) is 73.6 Å². The average Bonchev–Trinajstić information content (AvgIpc) is 2.77. The van der Waals surface area contributed by atoms with Gasteiger partial charge in [-0.2, -0.15) is 0 Å². The van der Waals surface area contributed by atoms with E-state index in [0.29, 0.717) is 13.2 Å². The van der Waals surface area contributed by atoms with Crippen molar-refractivity contribution in [2.75, 3.05) is 18.9 Å². The summed E-state index contributed by atoms with van der Waals surface area (Å²) < 4.78 is 11.0. The minimum absolute atomic E-state index is 0.397. The Labute approximate surface area is 196 Å². The molecule has 33 heavy (non-hydrogen) atoms. The molecular weight excluding hydrogens is 412 g/mol. The molecule has 1 amide bonds. The van der Waals surface area contributed by atoms with E-state index in [1.54, 1.807) is 0 Å². The third-order valence-corrected chi connectivity index (χ3v) is 4.82. The van der Waals surface area contributed by atoms with Crippen LogP contribution in [0.2, 0.25) is 0 Å². The SMILES string of the molecule is CC(C)(C)OC(=O)NCCc1ccc(OC/C=C/c2ccc(-c3ccccc3)c(N)c2)cc1. The molecule has 0 atom stereocenters. The van der Waals surface area contributed by atoms with Crippen molar-refractivity contribution >= 4 is 17.9 Å². The zero-order valence-electron chi connectivity index (χ0n) is 19.5. The number of rotatable bonds is 8. The number of benzene rings is 3. The summed E-state index contributed by atoms with van der Waals surface area (Å²) in [7, 11) is 0. The molecule has 0 saturated heterocycles. The van der Waals surface area contributed by atoms with Gasteiger partial charge < -0.3 is 20.5 Å². The molecule has 3 aromatic carbocycles. The maximum atomic E-state index is 11.7. The lowest BCUT2D eigenvalue weighted by Gasteiger charge is -2.19. The first-order chi connectivity index (χ1) is 15.8. The fraction of sp³-hybridized carbons (Fsp3) is 0.250. The molecule has 0 heterocycles. The van der Waals surface area contributed by atoms with Crippen LogP contribution in [-0.2, 0) is 11.2 Å². The predicted molar refractivity (Wildman–Crippen MR) is 135 cm³/mol. The summed E-state index contributed by atoms with van der Waals surface area (Å²) in [6, 6.07) is 24.0. The van der Waals surface area contributed by atoms with Gasteiger partial charge in [0.05, 0.1) is 0 Å². The second kappa shape index (κ2) is 11.2. The van der Waals surface area contributed by atoms with E-state index in [2.05, 4.69) is 23.5 Å². The van der Waals surface area contributed by atoms with Crippen molar-refractivity contribution in [1.29, 1.82) is 0 Å². The van der Waals surface area contributed by atoms with Crippen molar-refractivity contribution in [3.05, 3.63) is 90.0 Å². The van der Waals surface area contributed by atoms with Gasteiger partial charge in [-0.15, -0.1) is 0 Å². The summed E-state index contributed by atoms with van der Waals surface area (Å²) in [5.74, 6) is 0.794. The summed E-state index contributed by atoms with van der Waals surface area (Å²) in [5.41, 5.74) is 10.8. The highest BCUT2D eigenvalue weighted by atomic mass is 16.6. The Hall–Kier alpha value is -3.73. The van der Waals surface area contributed by atoms with Crippen LogP contribution in [0.25, 0.3) is 17.2 Å². The van der Waals surface area contributed by atoms with E-state index < -0.39 is 11.7 Å². The molecule has 0 aliphatic rings. The third kappa shape index (κ3) is 8.04. The second-order valence-corrected chi connectivity index (χ2v) is 8.75. The fourth-order valence-corrected chi connectivity index (χ4v) is 3.27. The highest BCUT2D eigenvalue weighted by molar-refractivity contribution is 5.78. The molecular formula is C28H32N2O3. The van der Waals surface area contributed by atoms with Crippen molar-refractivity contribution in [2.24, 2.45) is 0 Å². The molecule has 3 N–H and O–H groups in total. The summed E-state index contributed by atoms with van der Waals surface area (Å²) >= 11 is 0. The van der Waals surface area contributed by atoms with Crippen LogP contribution < -0.4 is 15.8 Å². The van der Waals surface area contributed by atoms with Gasteiger partial charge in [-0.25, -0.2) is 4.79 Å². The van der Waals surface area contributed by atoms with Gasteiger partial charge in [0.2, 0.25) is 0 Å². The lowest BCUT2D eigenvalue weighted by Crippen LogP contribution is -2.33. The molecule has 172 valence electrons. The quantitative estimate of drug-likeness (QED) is 0.412. The maximum Gasteiger partial charge on any atom is 0.407 e. The number of nitrogens with one attached hydrogen (secondary N) is 1. The Kier molecular flexibility index (Phi) is 8.14. The van der Waals surface area contributed by atoms with Gasteiger partial charge in [0.25, 0.3) is 0 Å². The number of hydrogen-bond donors (Lipinski definition) is 2. The Morgan fingerprint density at radius 1 is 1.00 bits per heavy atom. The Morgan fingerprint density at radius 2 is 1.73 bits per heavy atom. The van der Waals surface area contributed by atoms with Crippen molar-refractivity contribution in [2.45, 2.75) is 32.8 Å². The Bertz CT molecular complexity index is 1070. The number of alkyl carbamates (subject to hydrolysis) is 1. The highest BCUT2D eigenvalue weighted by Crippen LogP contribution is 2.26. The molecule has 3 aromatic rings. The molecule has 5 heteroatoms. The molecule has 0 aliphatic carbocycles. The van der Waals surface area contributed by atoms with E-state index in [1.165, 1.54) is 0 Å². The fourth-order valence-electron chi connectivity index (χ4n) is 3.27. The van der Waals surface area contributed by atoms with E-state index in [4.69, 9.17) is 15.2 Å². The van der Waals surface area contributed by atoms with Gasteiger partial charge in [-0.3, -0.25) is 0 Å². The molecule has 0 fully saturated rings. The molecule has 0 bridgehead atoms. The van der Waals surface area contributed by atoms with Crippen molar-refractivity contribution in [1.82, 2.24) is 5.32 Å². The van der Waals surface area contributed by atoms with Crippen LogP contribution in [-0.4, -0.2) is 24.8 Å². The van der Waals surface area contributed by atoms with Gasteiger partial charge in [0.1, 0.15) is 18.0 Å². The minimum atomic E-state index is -0.490. The minimum Gasteiger partial charge on any atom is -0.490 e. The van der Waals surface area contributed by atoms with Crippen LogP contribution in [0, 0.1) is 0 Å². The molecule has 0 unspecified atom stereocenters. The lowest BCUT2D eigenvalue weighted by molar-refractivity contribution is 0.0528.